The standard InChI is InChI=1S/C30H50N4O4/c1-19(2)15-25(34-29(37)24(31)17-22-13-9-6-10-14-22)27(35)23(16-21-11-7-5-8-12-21)28(36)26(32)30(38)33-18-20(3)4/h6,9-10,13-14,19-21,23-26,28,36H,5,7-8,11-12,15-18,31-32H2,1-4H3,(H,33,38)(H,34,37)/t23-,24+,25+,26?,28+/m1/s1. The summed E-state index contributed by atoms with van der Waals surface area (Å²) >= 11 is 0. The molecule has 1 aliphatic rings. The average Bonchev–Trinajstić information content (AvgIpc) is 2.89. The largest absolute Gasteiger partial charge is 0.390 e. The fourth-order valence-corrected chi connectivity index (χ4v) is 5.25. The lowest BCUT2D eigenvalue weighted by molar-refractivity contribution is -0.136. The van der Waals surface area contributed by atoms with E-state index in [1.54, 1.807) is 0 Å². The molecule has 1 aliphatic carbocycles. The lowest BCUT2D eigenvalue weighted by Gasteiger charge is -2.33. The van der Waals surface area contributed by atoms with E-state index in [9.17, 15) is 19.5 Å². The lowest BCUT2D eigenvalue weighted by Crippen LogP contribution is -2.57. The summed E-state index contributed by atoms with van der Waals surface area (Å²) in [5.41, 5.74) is 13.4. The summed E-state index contributed by atoms with van der Waals surface area (Å²) < 4.78 is 0. The van der Waals surface area contributed by atoms with E-state index in [0.29, 0.717) is 25.8 Å². The number of hydrogen-bond donors (Lipinski definition) is 5. The molecule has 8 heteroatoms. The second-order valence-electron chi connectivity index (χ2n) is 11.9. The second kappa shape index (κ2) is 16.0. The third-order valence-electron chi connectivity index (χ3n) is 7.45. The van der Waals surface area contributed by atoms with E-state index in [-0.39, 0.29) is 23.5 Å². The van der Waals surface area contributed by atoms with Crippen LogP contribution in [0.2, 0.25) is 0 Å². The quantitative estimate of drug-likeness (QED) is 0.236. The van der Waals surface area contributed by atoms with E-state index in [0.717, 1.165) is 31.2 Å². The van der Waals surface area contributed by atoms with Crippen molar-refractivity contribution >= 4 is 17.6 Å². The minimum Gasteiger partial charge on any atom is -0.390 e. The molecule has 1 fully saturated rings. The highest BCUT2D eigenvalue weighted by Crippen LogP contribution is 2.32. The van der Waals surface area contributed by atoms with Crippen LogP contribution in [0.25, 0.3) is 0 Å². The summed E-state index contributed by atoms with van der Waals surface area (Å²) in [4.78, 5) is 39.8. The van der Waals surface area contributed by atoms with Crippen LogP contribution in [-0.2, 0) is 20.8 Å². The molecular formula is C30H50N4O4. The molecule has 7 N–H and O–H groups in total. The first-order valence-electron chi connectivity index (χ1n) is 14.3. The minimum absolute atomic E-state index is 0.116. The van der Waals surface area contributed by atoms with E-state index >= 15 is 0 Å². The molecule has 0 spiro atoms. The van der Waals surface area contributed by atoms with Gasteiger partial charge in [0.15, 0.2) is 5.78 Å². The summed E-state index contributed by atoms with van der Waals surface area (Å²) in [7, 11) is 0. The molecule has 0 radical (unpaired) electrons. The molecule has 2 amide bonds. The molecule has 0 saturated heterocycles. The maximum absolute atomic E-state index is 14.0. The summed E-state index contributed by atoms with van der Waals surface area (Å²) in [5, 5.41) is 16.9. The van der Waals surface area contributed by atoms with Gasteiger partial charge in [0.2, 0.25) is 11.8 Å². The molecule has 1 unspecified atom stereocenters. The highest BCUT2D eigenvalue weighted by Gasteiger charge is 2.40. The number of carbonyl (C=O) groups is 3. The molecule has 8 nitrogen and oxygen atoms in total. The van der Waals surface area contributed by atoms with Gasteiger partial charge in [-0.05, 0) is 42.6 Å². The molecule has 1 aromatic carbocycles. The van der Waals surface area contributed by atoms with Crippen LogP contribution in [0.3, 0.4) is 0 Å². The summed E-state index contributed by atoms with van der Waals surface area (Å²) in [5.74, 6) is -1.39. The van der Waals surface area contributed by atoms with E-state index in [1.165, 1.54) is 6.42 Å². The van der Waals surface area contributed by atoms with Crippen LogP contribution in [0, 0.1) is 23.7 Å². The highest BCUT2D eigenvalue weighted by atomic mass is 16.3. The number of nitrogens with one attached hydrogen (secondary N) is 2. The SMILES string of the molecule is CC(C)CNC(=O)C(N)[C@@H](O)[C@H](CC1CCCCC1)C(=O)[C@H](CC(C)C)NC(=O)[C@@H](N)Cc1ccccc1. The first-order valence-corrected chi connectivity index (χ1v) is 14.3. The predicted octanol–water partition coefficient (Wildman–Crippen LogP) is 2.70. The van der Waals surface area contributed by atoms with Crippen LogP contribution < -0.4 is 22.1 Å². The van der Waals surface area contributed by atoms with E-state index in [1.807, 2.05) is 58.0 Å². The molecule has 0 heterocycles. The Morgan fingerprint density at radius 1 is 0.947 bits per heavy atom. The Morgan fingerprint density at radius 2 is 1.58 bits per heavy atom. The number of aliphatic hydroxyl groups excluding tert-OH is 1. The first-order chi connectivity index (χ1) is 18.0. The van der Waals surface area contributed by atoms with Crippen molar-refractivity contribution in [3.63, 3.8) is 0 Å². The zero-order valence-corrected chi connectivity index (χ0v) is 23.7. The van der Waals surface area contributed by atoms with Crippen LogP contribution in [0.4, 0.5) is 0 Å². The van der Waals surface area contributed by atoms with Crippen molar-refractivity contribution < 1.29 is 19.5 Å². The number of Topliss-reactive ketones (excluding diaryl/α,β-unsaturated/α-hetero) is 1. The van der Waals surface area contributed by atoms with Crippen molar-refractivity contribution in [2.75, 3.05) is 6.54 Å². The Kier molecular flexibility index (Phi) is 13.4. The maximum atomic E-state index is 14.0. The number of nitrogens with two attached hydrogens (primary N) is 2. The smallest absolute Gasteiger partial charge is 0.239 e. The Balaban J connectivity index is 2.22. The topological polar surface area (TPSA) is 148 Å². The Bertz CT molecular complexity index is 870. The fourth-order valence-electron chi connectivity index (χ4n) is 5.25. The van der Waals surface area contributed by atoms with Gasteiger partial charge in [-0.1, -0.05) is 90.1 Å². The summed E-state index contributed by atoms with van der Waals surface area (Å²) in [6.07, 6.45) is 5.16. The molecule has 38 heavy (non-hydrogen) atoms. The van der Waals surface area contributed by atoms with Crippen molar-refractivity contribution in [2.24, 2.45) is 35.1 Å². The number of hydrogen-bond acceptors (Lipinski definition) is 6. The molecule has 0 bridgehead atoms. The predicted molar refractivity (Wildman–Crippen MR) is 151 cm³/mol. The van der Waals surface area contributed by atoms with Crippen molar-refractivity contribution in [3.8, 4) is 0 Å². The van der Waals surface area contributed by atoms with E-state index in [4.69, 9.17) is 11.5 Å². The van der Waals surface area contributed by atoms with Gasteiger partial charge in [0, 0.05) is 12.5 Å². The number of benzene rings is 1. The molecule has 0 aromatic heterocycles. The number of amides is 2. The number of carbonyl (C=O) groups excluding carboxylic acids is 3. The van der Waals surface area contributed by atoms with Gasteiger partial charge in [0.05, 0.1) is 18.2 Å². The maximum Gasteiger partial charge on any atom is 0.239 e. The van der Waals surface area contributed by atoms with Gasteiger partial charge in [-0.2, -0.15) is 0 Å². The van der Waals surface area contributed by atoms with Crippen molar-refractivity contribution in [1.29, 1.82) is 0 Å². The highest BCUT2D eigenvalue weighted by molar-refractivity contribution is 5.93. The van der Waals surface area contributed by atoms with Crippen molar-refractivity contribution in [3.05, 3.63) is 35.9 Å². The number of aliphatic hydroxyl groups is 1. The summed E-state index contributed by atoms with van der Waals surface area (Å²) in [6.45, 7) is 8.34. The van der Waals surface area contributed by atoms with Gasteiger partial charge < -0.3 is 27.2 Å². The van der Waals surface area contributed by atoms with Crippen molar-refractivity contribution in [1.82, 2.24) is 10.6 Å². The average molecular weight is 531 g/mol. The first kappa shape index (κ1) is 31.9. The van der Waals surface area contributed by atoms with Crippen LogP contribution >= 0.6 is 0 Å². The van der Waals surface area contributed by atoms with Gasteiger partial charge in [0.25, 0.3) is 0 Å². The van der Waals surface area contributed by atoms with Crippen LogP contribution in [0.5, 0.6) is 0 Å². The molecule has 2 rings (SSSR count). The van der Waals surface area contributed by atoms with Crippen LogP contribution in [0.1, 0.15) is 78.2 Å². The van der Waals surface area contributed by atoms with Gasteiger partial charge in [-0.3, -0.25) is 14.4 Å². The van der Waals surface area contributed by atoms with Crippen LogP contribution in [0.15, 0.2) is 30.3 Å². The molecule has 1 aromatic rings. The van der Waals surface area contributed by atoms with E-state index < -0.39 is 42.0 Å². The number of ketones is 1. The van der Waals surface area contributed by atoms with Crippen LogP contribution in [-0.4, -0.2) is 53.5 Å². The molecule has 214 valence electrons. The summed E-state index contributed by atoms with van der Waals surface area (Å²) in [6, 6.07) is 6.63. The zero-order valence-electron chi connectivity index (χ0n) is 23.7. The Hall–Kier alpha value is -2.29. The fraction of sp³-hybridized carbons (Fsp3) is 0.700. The third kappa shape index (κ3) is 10.5. The van der Waals surface area contributed by atoms with Gasteiger partial charge in [0.1, 0.15) is 6.04 Å². The van der Waals surface area contributed by atoms with Gasteiger partial charge in [-0.15, -0.1) is 0 Å². The monoisotopic (exact) mass is 530 g/mol. The Morgan fingerprint density at radius 3 is 2.16 bits per heavy atom. The lowest BCUT2D eigenvalue weighted by atomic mass is 9.76. The zero-order chi connectivity index (χ0) is 28.2. The van der Waals surface area contributed by atoms with E-state index in [2.05, 4.69) is 10.6 Å². The Labute approximate surface area is 228 Å². The van der Waals surface area contributed by atoms with Crippen molar-refractivity contribution in [2.45, 2.75) is 103 Å². The normalized spacial score (nSPS) is 18.4. The van der Waals surface area contributed by atoms with Gasteiger partial charge in [-0.25, -0.2) is 0 Å². The minimum atomic E-state index is -1.35. The molecule has 5 atom stereocenters. The molecule has 0 aliphatic heterocycles. The molecule has 1 saturated carbocycles. The van der Waals surface area contributed by atoms with Gasteiger partial charge >= 0.3 is 0 Å². The molecular weight excluding hydrogens is 480 g/mol. The third-order valence-corrected chi connectivity index (χ3v) is 7.45. The second-order valence-corrected chi connectivity index (χ2v) is 11.9. The number of rotatable bonds is 15.